The normalized spacial score (nSPS) is 18.4. The second kappa shape index (κ2) is 8.12. The van der Waals surface area contributed by atoms with Crippen molar-refractivity contribution in [2.75, 3.05) is 13.1 Å². The lowest BCUT2D eigenvalue weighted by molar-refractivity contribution is -0.162. The van der Waals surface area contributed by atoms with E-state index in [4.69, 9.17) is 4.74 Å². The van der Waals surface area contributed by atoms with Gasteiger partial charge in [-0.15, -0.1) is 0 Å². The van der Waals surface area contributed by atoms with Crippen LogP contribution in [0, 0.1) is 5.92 Å². The van der Waals surface area contributed by atoms with Crippen molar-refractivity contribution in [1.29, 1.82) is 0 Å². The zero-order chi connectivity index (χ0) is 20.4. The molecular formula is C21H26N2O5. The van der Waals surface area contributed by atoms with Crippen LogP contribution in [0.25, 0.3) is 0 Å². The van der Waals surface area contributed by atoms with E-state index in [1.807, 2.05) is 13.8 Å². The number of rotatable bonds is 6. The Kier molecular flexibility index (Phi) is 5.82. The van der Waals surface area contributed by atoms with Gasteiger partial charge in [0.2, 0.25) is 0 Å². The molecule has 0 aromatic heterocycles. The van der Waals surface area contributed by atoms with Crippen molar-refractivity contribution in [2.24, 2.45) is 5.92 Å². The summed E-state index contributed by atoms with van der Waals surface area (Å²) in [5.41, 5.74) is 0.575. The van der Waals surface area contributed by atoms with Crippen molar-refractivity contribution < 1.29 is 23.9 Å². The van der Waals surface area contributed by atoms with Gasteiger partial charge in [-0.3, -0.25) is 19.3 Å². The van der Waals surface area contributed by atoms with Crippen LogP contribution in [0.5, 0.6) is 0 Å². The first-order valence-corrected chi connectivity index (χ1v) is 9.77. The van der Waals surface area contributed by atoms with Crippen molar-refractivity contribution in [3.8, 4) is 0 Å². The molecule has 2 aliphatic rings. The average molecular weight is 386 g/mol. The Balaban J connectivity index is 1.78. The number of benzene rings is 1. The molecule has 28 heavy (non-hydrogen) atoms. The molecule has 2 atom stereocenters. The number of ether oxygens (including phenoxy) is 1. The number of nitrogens with zero attached hydrogens (tertiary/aromatic N) is 2. The lowest BCUT2D eigenvalue weighted by atomic mass is 10.0. The van der Waals surface area contributed by atoms with E-state index >= 15 is 0 Å². The van der Waals surface area contributed by atoms with Crippen LogP contribution in [0.15, 0.2) is 24.3 Å². The first-order chi connectivity index (χ1) is 13.3. The maximum atomic E-state index is 12.9. The van der Waals surface area contributed by atoms with Crippen molar-refractivity contribution in [3.63, 3.8) is 0 Å². The second-order valence-electron chi connectivity index (χ2n) is 7.78. The van der Waals surface area contributed by atoms with Gasteiger partial charge < -0.3 is 9.64 Å². The number of fused-ring (bicyclic) bond motifs is 1. The summed E-state index contributed by atoms with van der Waals surface area (Å²) in [6.45, 7) is 6.66. The minimum atomic E-state index is -1.05. The van der Waals surface area contributed by atoms with E-state index in [1.54, 1.807) is 29.2 Å². The van der Waals surface area contributed by atoms with Gasteiger partial charge in [0, 0.05) is 13.1 Å². The Morgan fingerprint density at radius 1 is 1.00 bits per heavy atom. The number of carbonyl (C=O) groups excluding carboxylic acids is 4. The number of amides is 3. The largest absolute Gasteiger partial charge is 0.451 e. The molecule has 0 radical (unpaired) electrons. The smallest absolute Gasteiger partial charge is 0.330 e. The van der Waals surface area contributed by atoms with Crippen molar-refractivity contribution in [2.45, 2.75) is 52.2 Å². The van der Waals surface area contributed by atoms with E-state index in [0.29, 0.717) is 13.1 Å². The fourth-order valence-electron chi connectivity index (χ4n) is 3.74. The molecule has 0 N–H and O–H groups in total. The Hall–Kier alpha value is -2.70. The van der Waals surface area contributed by atoms with Gasteiger partial charge in [0.05, 0.1) is 11.1 Å². The summed E-state index contributed by atoms with van der Waals surface area (Å²) >= 11 is 0. The van der Waals surface area contributed by atoms with Gasteiger partial charge in [0.25, 0.3) is 17.7 Å². The Labute approximate surface area is 164 Å². The summed E-state index contributed by atoms with van der Waals surface area (Å²) in [6.07, 6.45) is 1.21. The van der Waals surface area contributed by atoms with Crippen LogP contribution in [0.3, 0.4) is 0 Å². The van der Waals surface area contributed by atoms with Crippen LogP contribution in [0.1, 0.15) is 60.7 Å². The van der Waals surface area contributed by atoms with Gasteiger partial charge in [0.1, 0.15) is 6.04 Å². The third-order valence-corrected chi connectivity index (χ3v) is 5.16. The lowest BCUT2D eigenvalue weighted by Crippen LogP contribution is -2.48. The van der Waals surface area contributed by atoms with Crippen LogP contribution in [0.2, 0.25) is 0 Å². The van der Waals surface area contributed by atoms with Gasteiger partial charge >= 0.3 is 5.97 Å². The zero-order valence-corrected chi connectivity index (χ0v) is 16.5. The molecule has 0 saturated carbocycles. The highest BCUT2D eigenvalue weighted by atomic mass is 16.5. The molecule has 3 rings (SSSR count). The predicted octanol–water partition coefficient (Wildman–Crippen LogP) is 2.25. The van der Waals surface area contributed by atoms with E-state index < -0.39 is 29.9 Å². The summed E-state index contributed by atoms with van der Waals surface area (Å²) in [5.74, 6) is -1.91. The third-order valence-electron chi connectivity index (χ3n) is 5.16. The fraction of sp³-hybridized carbons (Fsp3) is 0.524. The molecule has 1 fully saturated rings. The van der Waals surface area contributed by atoms with E-state index in [2.05, 4.69) is 0 Å². The number of hydrogen-bond donors (Lipinski definition) is 0. The summed E-state index contributed by atoms with van der Waals surface area (Å²) in [6, 6.07) is 5.46. The van der Waals surface area contributed by atoms with Crippen LogP contribution in [-0.4, -0.2) is 58.7 Å². The van der Waals surface area contributed by atoms with Gasteiger partial charge in [-0.2, -0.15) is 0 Å². The zero-order valence-electron chi connectivity index (χ0n) is 16.5. The van der Waals surface area contributed by atoms with E-state index in [1.165, 1.54) is 6.92 Å². The summed E-state index contributed by atoms with van der Waals surface area (Å²) < 4.78 is 5.42. The highest BCUT2D eigenvalue weighted by Gasteiger charge is 2.44. The van der Waals surface area contributed by atoms with E-state index in [9.17, 15) is 19.2 Å². The van der Waals surface area contributed by atoms with E-state index in [-0.39, 0.29) is 29.4 Å². The Bertz CT molecular complexity index is 763. The molecule has 2 heterocycles. The molecule has 0 unspecified atom stereocenters. The minimum absolute atomic E-state index is 0.0476. The second-order valence-corrected chi connectivity index (χ2v) is 7.78. The monoisotopic (exact) mass is 386 g/mol. The van der Waals surface area contributed by atoms with Gasteiger partial charge in [0.15, 0.2) is 6.10 Å². The average Bonchev–Trinajstić information content (AvgIpc) is 3.27. The van der Waals surface area contributed by atoms with Gasteiger partial charge in [-0.25, -0.2) is 4.79 Å². The number of esters is 1. The van der Waals surface area contributed by atoms with Gasteiger partial charge in [-0.1, -0.05) is 26.0 Å². The molecule has 3 amide bonds. The molecule has 2 aliphatic heterocycles. The third kappa shape index (κ3) is 3.79. The number of hydrogen-bond acceptors (Lipinski definition) is 5. The highest BCUT2D eigenvalue weighted by molar-refractivity contribution is 6.22. The summed E-state index contributed by atoms with van der Waals surface area (Å²) in [7, 11) is 0. The number of imide groups is 1. The molecule has 0 aliphatic carbocycles. The maximum Gasteiger partial charge on any atom is 0.330 e. The highest BCUT2D eigenvalue weighted by Crippen LogP contribution is 2.27. The quantitative estimate of drug-likeness (QED) is 0.553. The summed E-state index contributed by atoms with van der Waals surface area (Å²) in [5, 5.41) is 0. The van der Waals surface area contributed by atoms with Crippen molar-refractivity contribution in [3.05, 3.63) is 35.4 Å². The molecular weight excluding hydrogens is 360 g/mol. The van der Waals surface area contributed by atoms with E-state index in [0.717, 1.165) is 17.7 Å². The molecule has 0 bridgehead atoms. The van der Waals surface area contributed by atoms with Crippen LogP contribution in [0.4, 0.5) is 0 Å². The summed E-state index contributed by atoms with van der Waals surface area (Å²) in [4.78, 5) is 53.6. The van der Waals surface area contributed by atoms with Gasteiger partial charge in [-0.05, 0) is 44.2 Å². The molecule has 0 spiro atoms. The predicted molar refractivity (Wildman–Crippen MR) is 102 cm³/mol. The molecule has 1 aromatic rings. The lowest BCUT2D eigenvalue weighted by Gasteiger charge is -2.28. The van der Waals surface area contributed by atoms with Crippen LogP contribution in [-0.2, 0) is 14.3 Å². The first-order valence-electron chi connectivity index (χ1n) is 9.77. The molecule has 150 valence electrons. The number of carbonyl (C=O) groups is 4. The molecule has 1 saturated heterocycles. The number of likely N-dealkylation sites (tertiary alicyclic amines) is 1. The Morgan fingerprint density at radius 3 is 2.04 bits per heavy atom. The SMILES string of the molecule is CC(C)C[C@@H](C(=O)O[C@H](C)C(=O)N1CCCC1)N1C(=O)c2ccccc2C1=O. The van der Waals surface area contributed by atoms with Crippen molar-refractivity contribution in [1.82, 2.24) is 9.80 Å². The maximum absolute atomic E-state index is 12.9. The standard InChI is InChI=1S/C21H26N2O5/c1-13(2)12-17(21(27)28-14(3)18(24)22-10-6-7-11-22)23-19(25)15-8-4-5-9-16(15)20(23)26/h4-5,8-9,13-14,17H,6-7,10-12H2,1-3H3/t14-,17+/m1/s1. The molecule has 7 nitrogen and oxygen atoms in total. The minimum Gasteiger partial charge on any atom is -0.451 e. The fourth-order valence-corrected chi connectivity index (χ4v) is 3.74. The Morgan fingerprint density at radius 2 is 1.54 bits per heavy atom. The topological polar surface area (TPSA) is 84.0 Å². The van der Waals surface area contributed by atoms with Crippen molar-refractivity contribution >= 4 is 23.7 Å². The first kappa shape index (κ1) is 20.0. The molecule has 7 heteroatoms. The van der Waals surface area contributed by atoms with Crippen LogP contribution >= 0.6 is 0 Å². The van der Waals surface area contributed by atoms with Crippen LogP contribution < -0.4 is 0 Å². The molecule has 1 aromatic carbocycles.